The molecule has 0 saturated carbocycles. The van der Waals surface area contributed by atoms with Gasteiger partial charge in [0.15, 0.2) is 0 Å². The van der Waals surface area contributed by atoms with Crippen molar-refractivity contribution in [2.24, 2.45) is 5.92 Å². The third-order valence-electron chi connectivity index (χ3n) is 4.77. The molecule has 8 heteroatoms. The molecular weight excluding hydrogens is 364 g/mol. The summed E-state index contributed by atoms with van der Waals surface area (Å²) in [5.41, 5.74) is 2.38. The molecule has 0 spiro atoms. The third-order valence-corrected chi connectivity index (χ3v) is 5.03. The molecule has 3 aromatic rings. The van der Waals surface area contributed by atoms with Gasteiger partial charge in [-0.05, 0) is 59.2 Å². The number of aromatic nitrogens is 4. The normalized spacial score (nSPS) is 16.5. The van der Waals surface area contributed by atoms with Crippen molar-refractivity contribution in [1.82, 2.24) is 25.5 Å². The molecule has 1 saturated heterocycles. The molecule has 0 radical (unpaired) electrons. The van der Waals surface area contributed by atoms with E-state index in [2.05, 4.69) is 25.7 Å². The second-order valence-corrected chi connectivity index (χ2v) is 7.00. The number of amides is 1. The Hall–Kier alpha value is -2.93. The Balaban J connectivity index is 1.37. The number of carbonyl (C=O) groups is 1. The van der Waals surface area contributed by atoms with Gasteiger partial charge < -0.3 is 10.2 Å². The van der Waals surface area contributed by atoms with E-state index in [4.69, 9.17) is 11.6 Å². The summed E-state index contributed by atoms with van der Waals surface area (Å²) in [4.78, 5) is 15.0. The number of nitrogens with one attached hydrogen (secondary N) is 1. The van der Waals surface area contributed by atoms with Gasteiger partial charge in [-0.1, -0.05) is 23.7 Å². The zero-order chi connectivity index (χ0) is 18.6. The molecule has 2 heterocycles. The lowest BCUT2D eigenvalue weighted by Crippen LogP contribution is -2.31. The average Bonchev–Trinajstić information content (AvgIpc) is 3.39. The topological polar surface area (TPSA) is 75.9 Å². The Labute approximate surface area is 161 Å². The first kappa shape index (κ1) is 17.5. The summed E-state index contributed by atoms with van der Waals surface area (Å²) in [6, 6.07) is 15.2. The molecule has 2 aromatic carbocycles. The maximum Gasteiger partial charge on any atom is 0.253 e. The molecule has 1 N–H and O–H groups in total. The van der Waals surface area contributed by atoms with Crippen molar-refractivity contribution in [3.05, 3.63) is 65.4 Å². The molecule has 1 aromatic heterocycles. The lowest BCUT2D eigenvalue weighted by atomic mass is 10.1. The summed E-state index contributed by atoms with van der Waals surface area (Å²) in [5.74, 6) is 0.288. The largest absolute Gasteiger partial charge is 0.371 e. The van der Waals surface area contributed by atoms with Gasteiger partial charge in [0.1, 0.15) is 6.33 Å². The van der Waals surface area contributed by atoms with E-state index in [0.29, 0.717) is 23.7 Å². The summed E-state index contributed by atoms with van der Waals surface area (Å²) in [6.45, 7) is 2.52. The van der Waals surface area contributed by atoms with E-state index < -0.39 is 0 Å². The molecular formula is C19H19ClN6O. The third kappa shape index (κ3) is 3.93. The molecule has 1 unspecified atom stereocenters. The maximum absolute atomic E-state index is 12.7. The fourth-order valence-electron chi connectivity index (χ4n) is 3.36. The molecule has 1 aliphatic heterocycles. The van der Waals surface area contributed by atoms with Crippen molar-refractivity contribution < 1.29 is 4.79 Å². The van der Waals surface area contributed by atoms with Gasteiger partial charge in [-0.2, -0.15) is 4.68 Å². The van der Waals surface area contributed by atoms with Crippen molar-refractivity contribution in [1.29, 1.82) is 0 Å². The van der Waals surface area contributed by atoms with E-state index in [1.165, 1.54) is 11.0 Å². The van der Waals surface area contributed by atoms with Gasteiger partial charge in [0.05, 0.1) is 11.3 Å². The highest BCUT2D eigenvalue weighted by atomic mass is 35.5. The molecule has 27 heavy (non-hydrogen) atoms. The van der Waals surface area contributed by atoms with Gasteiger partial charge in [0, 0.05) is 30.3 Å². The van der Waals surface area contributed by atoms with Gasteiger partial charge in [-0.25, -0.2) is 0 Å². The summed E-state index contributed by atoms with van der Waals surface area (Å²) >= 11 is 5.96. The first-order valence-corrected chi connectivity index (χ1v) is 9.19. The van der Waals surface area contributed by atoms with Crippen LogP contribution in [0.4, 0.5) is 5.69 Å². The number of hydrogen-bond acceptors (Lipinski definition) is 5. The van der Waals surface area contributed by atoms with Crippen molar-refractivity contribution in [2.75, 3.05) is 24.5 Å². The van der Waals surface area contributed by atoms with Gasteiger partial charge in [-0.15, -0.1) is 5.10 Å². The molecule has 0 aliphatic carbocycles. The zero-order valence-electron chi connectivity index (χ0n) is 14.6. The van der Waals surface area contributed by atoms with Crippen molar-refractivity contribution >= 4 is 23.2 Å². The van der Waals surface area contributed by atoms with E-state index in [0.717, 1.165) is 30.2 Å². The monoisotopic (exact) mass is 382 g/mol. The number of tetrazole rings is 1. The molecule has 1 aliphatic rings. The van der Waals surface area contributed by atoms with Crippen LogP contribution >= 0.6 is 11.6 Å². The molecule has 1 fully saturated rings. The number of anilines is 1. The van der Waals surface area contributed by atoms with Crippen molar-refractivity contribution in [3.63, 3.8) is 0 Å². The van der Waals surface area contributed by atoms with Gasteiger partial charge >= 0.3 is 0 Å². The number of rotatable bonds is 5. The minimum Gasteiger partial charge on any atom is -0.371 e. The minimum atomic E-state index is -0.119. The van der Waals surface area contributed by atoms with Crippen molar-refractivity contribution in [3.8, 4) is 5.69 Å². The van der Waals surface area contributed by atoms with E-state index in [-0.39, 0.29) is 5.91 Å². The number of carbonyl (C=O) groups excluding carboxylic acids is 1. The lowest BCUT2D eigenvalue weighted by Gasteiger charge is -2.19. The molecule has 138 valence electrons. The lowest BCUT2D eigenvalue weighted by molar-refractivity contribution is 0.0948. The maximum atomic E-state index is 12.7. The van der Waals surface area contributed by atoms with E-state index in [1.807, 2.05) is 42.5 Å². The van der Waals surface area contributed by atoms with E-state index >= 15 is 0 Å². The number of benzene rings is 2. The Bertz CT molecular complexity index is 912. The smallest absolute Gasteiger partial charge is 0.253 e. The van der Waals surface area contributed by atoms with Gasteiger partial charge in [-0.3, -0.25) is 4.79 Å². The summed E-state index contributed by atoms with van der Waals surface area (Å²) in [5, 5.41) is 14.9. The predicted molar refractivity (Wildman–Crippen MR) is 103 cm³/mol. The fraction of sp³-hybridized carbons (Fsp3) is 0.263. The highest BCUT2D eigenvalue weighted by Crippen LogP contribution is 2.25. The summed E-state index contributed by atoms with van der Waals surface area (Å²) in [7, 11) is 0. The quantitative estimate of drug-likeness (QED) is 0.734. The molecule has 4 rings (SSSR count). The molecule has 1 amide bonds. The molecule has 0 bridgehead atoms. The van der Waals surface area contributed by atoms with Crippen LogP contribution in [0.5, 0.6) is 0 Å². The zero-order valence-corrected chi connectivity index (χ0v) is 15.4. The Kier molecular flexibility index (Phi) is 5.02. The van der Waals surface area contributed by atoms with Crippen LogP contribution in [0, 0.1) is 5.92 Å². The van der Waals surface area contributed by atoms with Gasteiger partial charge in [0.25, 0.3) is 5.91 Å². The number of hydrogen-bond donors (Lipinski definition) is 1. The van der Waals surface area contributed by atoms with Crippen LogP contribution < -0.4 is 10.2 Å². The molecule has 1 atom stereocenters. The van der Waals surface area contributed by atoms with Crippen LogP contribution in [0.15, 0.2) is 54.9 Å². The number of halogens is 1. The van der Waals surface area contributed by atoms with Crippen molar-refractivity contribution in [2.45, 2.75) is 6.42 Å². The standard InChI is InChI=1S/C19H19ClN6O/c20-15-5-7-16(8-6-15)25-10-9-14(12-25)11-21-19(27)17-3-1-2-4-18(17)26-13-22-23-24-26/h1-8,13-14H,9-12H2,(H,21,27). The predicted octanol–water partition coefficient (Wildman–Crippen LogP) is 2.57. The Morgan fingerprint density at radius 2 is 2.00 bits per heavy atom. The first-order chi connectivity index (χ1) is 13.2. The van der Waals surface area contributed by atoms with Crippen LogP contribution in [0.1, 0.15) is 16.8 Å². The van der Waals surface area contributed by atoms with E-state index in [9.17, 15) is 4.79 Å². The first-order valence-electron chi connectivity index (χ1n) is 8.82. The number of nitrogens with zero attached hydrogens (tertiary/aromatic N) is 5. The second-order valence-electron chi connectivity index (χ2n) is 6.56. The average molecular weight is 383 g/mol. The Morgan fingerprint density at radius 3 is 2.78 bits per heavy atom. The SMILES string of the molecule is O=C(NCC1CCN(c2ccc(Cl)cc2)C1)c1ccccc1-n1cnnn1. The Morgan fingerprint density at radius 1 is 1.19 bits per heavy atom. The van der Waals surface area contributed by atoms with Crippen LogP contribution in [-0.4, -0.2) is 45.7 Å². The van der Waals surface area contributed by atoms with Crippen LogP contribution in [0.3, 0.4) is 0 Å². The minimum absolute atomic E-state index is 0.119. The highest BCUT2D eigenvalue weighted by molar-refractivity contribution is 6.30. The van der Waals surface area contributed by atoms with Crippen LogP contribution in [-0.2, 0) is 0 Å². The highest BCUT2D eigenvalue weighted by Gasteiger charge is 2.23. The number of para-hydroxylation sites is 1. The summed E-state index contributed by atoms with van der Waals surface area (Å²) < 4.78 is 1.49. The van der Waals surface area contributed by atoms with Gasteiger partial charge in [0.2, 0.25) is 0 Å². The summed E-state index contributed by atoms with van der Waals surface area (Å²) in [6.07, 6.45) is 2.52. The molecule has 7 nitrogen and oxygen atoms in total. The van der Waals surface area contributed by atoms with Crippen LogP contribution in [0.2, 0.25) is 5.02 Å². The van der Waals surface area contributed by atoms with Crippen LogP contribution in [0.25, 0.3) is 5.69 Å². The fourth-order valence-corrected chi connectivity index (χ4v) is 3.48. The second kappa shape index (κ2) is 7.75. The van der Waals surface area contributed by atoms with E-state index in [1.54, 1.807) is 6.07 Å².